The molecule has 1 N–H and O–H groups in total. The molecule has 1 aliphatic carbocycles. The normalized spacial score (nSPS) is 26.7. The number of hydrogen-bond acceptors (Lipinski definition) is 2. The van der Waals surface area contributed by atoms with Gasteiger partial charge in [-0.3, -0.25) is 4.79 Å². The summed E-state index contributed by atoms with van der Waals surface area (Å²) in [6.07, 6.45) is 7.12. The fraction of sp³-hybridized carbons (Fsp3) is 0.636. The molecular formula is C22H31N3O2. The highest BCUT2D eigenvalue weighted by Crippen LogP contribution is 2.58. The molecule has 146 valence electrons. The molecule has 2 unspecified atom stereocenters. The number of amides is 3. The fourth-order valence-electron chi connectivity index (χ4n) is 5.45. The SMILES string of the molecule is CC(=O)N1CCCC(CNC(=O)N2CC3(CCCC3)C2c2ccccc2)C1. The summed E-state index contributed by atoms with van der Waals surface area (Å²) in [5.74, 6) is 0.504. The monoisotopic (exact) mass is 369 g/mol. The van der Waals surface area contributed by atoms with Gasteiger partial charge in [-0.1, -0.05) is 43.2 Å². The van der Waals surface area contributed by atoms with Crippen LogP contribution in [0.2, 0.25) is 0 Å². The summed E-state index contributed by atoms with van der Waals surface area (Å²) in [5, 5.41) is 3.17. The first kappa shape index (κ1) is 18.3. The minimum absolute atomic E-state index is 0.0568. The fourth-order valence-corrected chi connectivity index (χ4v) is 5.45. The van der Waals surface area contributed by atoms with Gasteiger partial charge in [-0.25, -0.2) is 4.79 Å². The molecule has 0 bridgehead atoms. The molecule has 0 aromatic heterocycles. The van der Waals surface area contributed by atoms with Crippen LogP contribution in [0.25, 0.3) is 0 Å². The molecule has 2 aliphatic heterocycles. The Labute approximate surface area is 162 Å². The summed E-state index contributed by atoms with van der Waals surface area (Å²) in [5.41, 5.74) is 1.55. The second-order valence-electron chi connectivity index (χ2n) is 8.67. The molecule has 1 spiro atoms. The van der Waals surface area contributed by atoms with E-state index in [1.165, 1.54) is 31.2 Å². The van der Waals surface area contributed by atoms with Crippen molar-refractivity contribution < 1.29 is 9.59 Å². The topological polar surface area (TPSA) is 52.7 Å². The third kappa shape index (κ3) is 3.56. The molecule has 4 rings (SSSR count). The molecule has 2 heterocycles. The lowest BCUT2D eigenvalue weighted by molar-refractivity contribution is -0.130. The predicted octanol–water partition coefficient (Wildman–Crippen LogP) is 3.57. The first-order valence-electron chi connectivity index (χ1n) is 10.4. The lowest BCUT2D eigenvalue weighted by Gasteiger charge is -2.56. The minimum atomic E-state index is 0.0568. The van der Waals surface area contributed by atoms with Crippen molar-refractivity contribution >= 4 is 11.9 Å². The van der Waals surface area contributed by atoms with Gasteiger partial charge in [0.25, 0.3) is 0 Å². The van der Waals surface area contributed by atoms with Crippen molar-refractivity contribution in [3.05, 3.63) is 35.9 Å². The van der Waals surface area contributed by atoms with Crippen LogP contribution in [-0.4, -0.2) is 47.9 Å². The summed E-state index contributed by atoms with van der Waals surface area (Å²) in [6.45, 7) is 4.79. The van der Waals surface area contributed by atoms with Crippen molar-refractivity contribution in [2.24, 2.45) is 11.3 Å². The van der Waals surface area contributed by atoms with Gasteiger partial charge in [-0.05, 0) is 37.2 Å². The zero-order chi connectivity index (χ0) is 18.9. The van der Waals surface area contributed by atoms with Crippen LogP contribution in [0.15, 0.2) is 30.3 Å². The number of rotatable bonds is 3. The number of urea groups is 1. The van der Waals surface area contributed by atoms with Gasteiger partial charge in [-0.2, -0.15) is 0 Å². The van der Waals surface area contributed by atoms with E-state index in [1.807, 2.05) is 15.9 Å². The van der Waals surface area contributed by atoms with Crippen molar-refractivity contribution in [3.8, 4) is 0 Å². The van der Waals surface area contributed by atoms with Gasteiger partial charge in [0.1, 0.15) is 0 Å². The second-order valence-corrected chi connectivity index (χ2v) is 8.67. The number of nitrogens with one attached hydrogen (secondary N) is 1. The Balaban J connectivity index is 1.39. The van der Waals surface area contributed by atoms with Crippen LogP contribution in [0, 0.1) is 11.3 Å². The van der Waals surface area contributed by atoms with Crippen LogP contribution >= 0.6 is 0 Å². The van der Waals surface area contributed by atoms with E-state index in [1.54, 1.807) is 6.92 Å². The van der Waals surface area contributed by atoms with E-state index in [4.69, 9.17) is 0 Å². The average molecular weight is 370 g/mol. The van der Waals surface area contributed by atoms with Crippen molar-refractivity contribution in [1.29, 1.82) is 0 Å². The van der Waals surface area contributed by atoms with Crippen LogP contribution in [0.3, 0.4) is 0 Å². The molecule has 2 atom stereocenters. The molecule has 0 radical (unpaired) electrons. The number of carbonyl (C=O) groups excluding carboxylic acids is 2. The van der Waals surface area contributed by atoms with E-state index in [2.05, 4.69) is 29.6 Å². The lowest BCUT2D eigenvalue weighted by Crippen LogP contribution is -2.62. The van der Waals surface area contributed by atoms with Crippen molar-refractivity contribution in [1.82, 2.24) is 15.1 Å². The smallest absolute Gasteiger partial charge is 0.317 e. The maximum Gasteiger partial charge on any atom is 0.317 e. The Hall–Kier alpha value is -2.04. The quantitative estimate of drug-likeness (QED) is 0.885. The third-order valence-corrected chi connectivity index (χ3v) is 6.86. The van der Waals surface area contributed by atoms with Gasteiger partial charge >= 0.3 is 6.03 Å². The predicted molar refractivity (Wildman–Crippen MR) is 105 cm³/mol. The summed E-state index contributed by atoms with van der Waals surface area (Å²) in [7, 11) is 0. The van der Waals surface area contributed by atoms with E-state index < -0.39 is 0 Å². The van der Waals surface area contributed by atoms with Gasteiger partial charge in [0.2, 0.25) is 5.91 Å². The number of hydrogen-bond donors (Lipinski definition) is 1. The molecule has 3 aliphatic rings. The minimum Gasteiger partial charge on any atom is -0.343 e. The second kappa shape index (κ2) is 7.53. The zero-order valence-electron chi connectivity index (χ0n) is 16.3. The first-order chi connectivity index (χ1) is 13.1. The highest BCUT2D eigenvalue weighted by molar-refractivity contribution is 5.76. The standard InChI is InChI=1S/C22H31N3O2/c1-17(26)24-13-7-8-18(15-24)14-23-21(27)25-16-22(11-5-6-12-22)20(25)19-9-3-2-4-10-19/h2-4,9-10,18,20H,5-8,11-16H2,1H3,(H,23,27). The van der Waals surface area contributed by atoms with E-state index in [0.717, 1.165) is 32.5 Å². The van der Waals surface area contributed by atoms with Crippen LogP contribution in [0.5, 0.6) is 0 Å². The number of benzene rings is 1. The van der Waals surface area contributed by atoms with Gasteiger partial charge in [0.15, 0.2) is 0 Å². The van der Waals surface area contributed by atoms with Crippen LogP contribution in [0.4, 0.5) is 4.79 Å². The summed E-state index contributed by atoms with van der Waals surface area (Å²) in [4.78, 5) is 28.5. The molecule has 5 nitrogen and oxygen atoms in total. The van der Waals surface area contributed by atoms with Gasteiger partial charge in [0.05, 0.1) is 6.04 Å². The summed E-state index contributed by atoms with van der Waals surface area (Å²) >= 11 is 0. The van der Waals surface area contributed by atoms with Crippen LogP contribution in [-0.2, 0) is 4.79 Å². The number of piperidine rings is 1. The van der Waals surface area contributed by atoms with Crippen LogP contribution in [0.1, 0.15) is 57.1 Å². The van der Waals surface area contributed by atoms with E-state index in [-0.39, 0.29) is 23.4 Å². The Morgan fingerprint density at radius 2 is 1.89 bits per heavy atom. The Bertz CT molecular complexity index is 684. The summed E-state index contributed by atoms with van der Waals surface area (Å²) in [6, 6.07) is 10.8. The number of likely N-dealkylation sites (tertiary alicyclic amines) is 2. The van der Waals surface area contributed by atoms with E-state index in [9.17, 15) is 9.59 Å². The van der Waals surface area contributed by atoms with Gasteiger partial charge in [-0.15, -0.1) is 0 Å². The van der Waals surface area contributed by atoms with Gasteiger partial charge in [0, 0.05) is 38.5 Å². The number of carbonyl (C=O) groups is 2. The van der Waals surface area contributed by atoms with Gasteiger partial charge < -0.3 is 15.1 Å². The lowest BCUT2D eigenvalue weighted by atomic mass is 9.67. The Morgan fingerprint density at radius 3 is 2.59 bits per heavy atom. The molecular weight excluding hydrogens is 338 g/mol. The maximum atomic E-state index is 12.9. The zero-order valence-corrected chi connectivity index (χ0v) is 16.3. The molecule has 1 aromatic rings. The molecule has 3 fully saturated rings. The highest BCUT2D eigenvalue weighted by Gasteiger charge is 2.55. The Kier molecular flexibility index (Phi) is 5.11. The average Bonchev–Trinajstić information content (AvgIpc) is 3.17. The molecule has 5 heteroatoms. The molecule has 1 aromatic carbocycles. The largest absolute Gasteiger partial charge is 0.343 e. The molecule has 3 amide bonds. The molecule has 27 heavy (non-hydrogen) atoms. The van der Waals surface area contributed by atoms with Crippen molar-refractivity contribution in [2.75, 3.05) is 26.2 Å². The highest BCUT2D eigenvalue weighted by atomic mass is 16.2. The number of nitrogens with zero attached hydrogens (tertiary/aromatic N) is 2. The first-order valence-corrected chi connectivity index (χ1v) is 10.4. The molecule has 1 saturated carbocycles. The van der Waals surface area contributed by atoms with E-state index >= 15 is 0 Å². The van der Waals surface area contributed by atoms with Crippen molar-refractivity contribution in [3.63, 3.8) is 0 Å². The Morgan fingerprint density at radius 1 is 1.15 bits per heavy atom. The van der Waals surface area contributed by atoms with E-state index in [0.29, 0.717) is 12.5 Å². The third-order valence-electron chi connectivity index (χ3n) is 6.86. The van der Waals surface area contributed by atoms with Crippen molar-refractivity contribution in [2.45, 2.75) is 51.5 Å². The maximum absolute atomic E-state index is 12.9. The van der Waals surface area contributed by atoms with Crippen LogP contribution < -0.4 is 5.32 Å². The molecule has 2 saturated heterocycles. The summed E-state index contributed by atoms with van der Waals surface area (Å²) < 4.78 is 0.